The normalized spacial score (nSPS) is 13.0. The van der Waals surface area contributed by atoms with Crippen molar-refractivity contribution in [1.82, 2.24) is 20.2 Å². The van der Waals surface area contributed by atoms with E-state index in [1.165, 1.54) is 23.9 Å². The van der Waals surface area contributed by atoms with Gasteiger partial charge < -0.3 is 5.32 Å². The molecular formula is C14H18FN5OS. The summed E-state index contributed by atoms with van der Waals surface area (Å²) in [6.45, 7) is 7.68. The van der Waals surface area contributed by atoms with Gasteiger partial charge in [-0.1, -0.05) is 17.8 Å². The van der Waals surface area contributed by atoms with Crippen molar-refractivity contribution in [2.45, 2.75) is 43.6 Å². The first-order valence-electron chi connectivity index (χ1n) is 6.79. The van der Waals surface area contributed by atoms with E-state index >= 15 is 0 Å². The van der Waals surface area contributed by atoms with Gasteiger partial charge in [-0.25, -0.2) is 9.07 Å². The first-order chi connectivity index (χ1) is 10.3. The number of tetrazole rings is 1. The van der Waals surface area contributed by atoms with Crippen LogP contribution in [0.3, 0.4) is 0 Å². The lowest BCUT2D eigenvalue weighted by Crippen LogP contribution is -2.27. The fourth-order valence-electron chi connectivity index (χ4n) is 1.70. The zero-order chi connectivity index (χ0) is 16.3. The molecule has 1 aromatic carbocycles. The summed E-state index contributed by atoms with van der Waals surface area (Å²) in [5, 5.41) is 14.4. The Morgan fingerprint density at radius 3 is 2.77 bits per heavy atom. The molecule has 0 spiro atoms. The van der Waals surface area contributed by atoms with E-state index in [1.54, 1.807) is 23.7 Å². The first-order valence-corrected chi connectivity index (χ1v) is 7.67. The van der Waals surface area contributed by atoms with Gasteiger partial charge in [0.2, 0.25) is 11.1 Å². The number of halogens is 1. The predicted molar refractivity (Wildman–Crippen MR) is 83.2 cm³/mol. The minimum atomic E-state index is -0.421. The maximum atomic E-state index is 13.1. The van der Waals surface area contributed by atoms with Crippen LogP contribution in [0.2, 0.25) is 0 Å². The van der Waals surface area contributed by atoms with Crippen LogP contribution in [-0.2, 0) is 10.3 Å². The highest BCUT2D eigenvalue weighted by atomic mass is 32.2. The fraction of sp³-hybridized carbons (Fsp3) is 0.429. The summed E-state index contributed by atoms with van der Waals surface area (Å²) in [7, 11) is 0. The smallest absolute Gasteiger partial charge is 0.237 e. The molecule has 118 valence electrons. The summed E-state index contributed by atoms with van der Waals surface area (Å²) in [6.07, 6.45) is 0. The second kappa shape index (κ2) is 6.43. The van der Waals surface area contributed by atoms with Crippen LogP contribution in [0, 0.1) is 5.82 Å². The molecule has 2 aromatic rings. The van der Waals surface area contributed by atoms with Gasteiger partial charge in [-0.05, 0) is 56.3 Å². The zero-order valence-corrected chi connectivity index (χ0v) is 13.7. The second-order valence-corrected chi connectivity index (χ2v) is 7.11. The van der Waals surface area contributed by atoms with Crippen LogP contribution in [0.25, 0.3) is 0 Å². The van der Waals surface area contributed by atoms with E-state index in [0.29, 0.717) is 10.8 Å². The van der Waals surface area contributed by atoms with Crippen LogP contribution in [0.5, 0.6) is 0 Å². The lowest BCUT2D eigenvalue weighted by Gasteiger charge is -2.20. The Bertz CT molecular complexity index is 667. The Kier molecular flexibility index (Phi) is 4.80. The number of nitrogens with one attached hydrogen (secondary N) is 1. The van der Waals surface area contributed by atoms with Gasteiger partial charge >= 0.3 is 0 Å². The molecule has 0 saturated heterocycles. The Balaban J connectivity index is 2.05. The highest BCUT2D eigenvalue weighted by Crippen LogP contribution is 2.25. The van der Waals surface area contributed by atoms with E-state index in [-0.39, 0.29) is 11.4 Å². The summed E-state index contributed by atoms with van der Waals surface area (Å²) in [5.74, 6) is -0.631. The number of hydrogen-bond acceptors (Lipinski definition) is 5. The molecule has 2 rings (SSSR count). The minimum absolute atomic E-state index is 0.237. The van der Waals surface area contributed by atoms with Gasteiger partial charge in [0.25, 0.3) is 0 Å². The van der Waals surface area contributed by atoms with Gasteiger partial charge in [0.1, 0.15) is 5.82 Å². The van der Waals surface area contributed by atoms with Crippen molar-refractivity contribution in [1.29, 1.82) is 0 Å². The number of hydrogen-bond donors (Lipinski definition) is 1. The molecule has 0 aliphatic carbocycles. The molecule has 1 N–H and O–H groups in total. The second-order valence-electron chi connectivity index (χ2n) is 5.80. The predicted octanol–water partition coefficient (Wildman–Crippen LogP) is 2.69. The van der Waals surface area contributed by atoms with Gasteiger partial charge in [0.15, 0.2) is 0 Å². The minimum Gasteiger partial charge on any atom is -0.325 e. The molecule has 22 heavy (non-hydrogen) atoms. The fourth-order valence-corrected chi connectivity index (χ4v) is 2.67. The molecular weight excluding hydrogens is 305 g/mol. The molecule has 0 aliphatic heterocycles. The Morgan fingerprint density at radius 1 is 1.41 bits per heavy atom. The van der Waals surface area contributed by atoms with E-state index in [2.05, 4.69) is 20.8 Å². The van der Waals surface area contributed by atoms with Crippen molar-refractivity contribution in [2.75, 3.05) is 5.32 Å². The molecule has 6 nitrogen and oxygen atoms in total. The van der Waals surface area contributed by atoms with Gasteiger partial charge in [-0.2, -0.15) is 0 Å². The number of nitrogens with zero attached hydrogens (tertiary/aromatic N) is 4. The van der Waals surface area contributed by atoms with Gasteiger partial charge in [0, 0.05) is 5.69 Å². The highest BCUT2D eigenvalue weighted by molar-refractivity contribution is 8.00. The molecule has 0 radical (unpaired) electrons. The zero-order valence-electron chi connectivity index (χ0n) is 12.9. The average Bonchev–Trinajstić information content (AvgIpc) is 2.86. The number of carbonyl (C=O) groups excluding carboxylic acids is 1. The number of benzene rings is 1. The van der Waals surface area contributed by atoms with Crippen molar-refractivity contribution in [3.8, 4) is 0 Å². The number of rotatable bonds is 4. The van der Waals surface area contributed by atoms with Crippen LogP contribution in [-0.4, -0.2) is 31.4 Å². The van der Waals surface area contributed by atoms with Crippen molar-refractivity contribution < 1.29 is 9.18 Å². The number of thioether (sulfide) groups is 1. The third kappa shape index (κ3) is 4.03. The number of amides is 1. The van der Waals surface area contributed by atoms with Crippen LogP contribution in [0.1, 0.15) is 27.7 Å². The molecule has 0 saturated carbocycles. The maximum absolute atomic E-state index is 13.1. The first kappa shape index (κ1) is 16.4. The topological polar surface area (TPSA) is 72.7 Å². The van der Waals surface area contributed by atoms with Crippen LogP contribution >= 0.6 is 11.8 Å². The Labute approximate surface area is 132 Å². The third-order valence-corrected chi connectivity index (χ3v) is 3.85. The SMILES string of the molecule is CC(Sc1nnnn1C(C)(C)C)C(=O)Nc1cccc(F)c1. The summed E-state index contributed by atoms with van der Waals surface area (Å²) < 4.78 is 14.8. The Morgan fingerprint density at radius 2 is 2.14 bits per heavy atom. The summed E-state index contributed by atoms with van der Waals surface area (Å²) in [4.78, 5) is 12.2. The molecule has 0 aliphatic rings. The molecule has 1 unspecified atom stereocenters. The van der Waals surface area contributed by atoms with E-state index in [4.69, 9.17) is 0 Å². The number of aromatic nitrogens is 4. The standard InChI is InChI=1S/C14H18FN5OS/c1-9(12(21)16-11-7-5-6-10(15)8-11)22-13-17-18-19-20(13)14(2,3)4/h5-9H,1-4H3,(H,16,21). The van der Waals surface area contributed by atoms with Crippen LogP contribution < -0.4 is 5.32 Å². The molecule has 1 heterocycles. The molecule has 0 bridgehead atoms. The lowest BCUT2D eigenvalue weighted by atomic mass is 10.1. The summed E-state index contributed by atoms with van der Waals surface area (Å²) >= 11 is 1.26. The lowest BCUT2D eigenvalue weighted by molar-refractivity contribution is -0.115. The molecule has 1 atom stereocenters. The Hall–Kier alpha value is -1.96. The van der Waals surface area contributed by atoms with Crippen molar-refractivity contribution in [2.24, 2.45) is 0 Å². The van der Waals surface area contributed by atoms with Crippen LogP contribution in [0.15, 0.2) is 29.4 Å². The number of anilines is 1. The van der Waals surface area contributed by atoms with E-state index in [1.807, 2.05) is 20.8 Å². The average molecular weight is 323 g/mol. The third-order valence-electron chi connectivity index (χ3n) is 2.82. The van der Waals surface area contributed by atoms with E-state index in [0.717, 1.165) is 0 Å². The molecule has 0 fully saturated rings. The van der Waals surface area contributed by atoms with Crippen molar-refractivity contribution in [3.05, 3.63) is 30.1 Å². The quantitative estimate of drug-likeness (QED) is 0.876. The van der Waals surface area contributed by atoms with Gasteiger partial charge in [-0.3, -0.25) is 4.79 Å². The van der Waals surface area contributed by atoms with Crippen molar-refractivity contribution >= 4 is 23.4 Å². The van der Waals surface area contributed by atoms with E-state index < -0.39 is 11.1 Å². The van der Waals surface area contributed by atoms with Gasteiger partial charge in [-0.15, -0.1) is 5.10 Å². The molecule has 1 amide bonds. The molecule has 1 aromatic heterocycles. The van der Waals surface area contributed by atoms with Gasteiger partial charge in [0.05, 0.1) is 10.8 Å². The number of carbonyl (C=O) groups is 1. The highest BCUT2D eigenvalue weighted by Gasteiger charge is 2.24. The van der Waals surface area contributed by atoms with Crippen LogP contribution in [0.4, 0.5) is 10.1 Å². The molecule has 8 heteroatoms. The van der Waals surface area contributed by atoms with E-state index in [9.17, 15) is 9.18 Å². The maximum Gasteiger partial charge on any atom is 0.237 e. The summed E-state index contributed by atoms with van der Waals surface area (Å²) in [5.41, 5.74) is 0.151. The van der Waals surface area contributed by atoms with Crippen molar-refractivity contribution in [3.63, 3.8) is 0 Å². The largest absolute Gasteiger partial charge is 0.325 e. The monoisotopic (exact) mass is 323 g/mol. The summed E-state index contributed by atoms with van der Waals surface area (Å²) in [6, 6.07) is 5.78.